The van der Waals surface area contributed by atoms with Crippen LogP contribution >= 0.6 is 0 Å². The molecule has 1 rings (SSSR count). The molecule has 2 heteroatoms. The summed E-state index contributed by atoms with van der Waals surface area (Å²) < 4.78 is 0. The quantitative estimate of drug-likeness (QED) is 0.345. The molecule has 0 saturated heterocycles. The molecule has 0 aromatic heterocycles. The lowest BCUT2D eigenvalue weighted by atomic mass is 9.96. The van der Waals surface area contributed by atoms with E-state index in [1.165, 1.54) is 12.8 Å². The Labute approximate surface area is 67.0 Å². The lowest BCUT2D eigenvalue weighted by Crippen LogP contribution is -2.14. The van der Waals surface area contributed by atoms with Crippen molar-refractivity contribution in [2.45, 2.75) is 38.5 Å². The molecule has 0 aromatic rings. The SMILES string of the molecule is O=CC(=O)C1CCCCCC1. The van der Waals surface area contributed by atoms with Gasteiger partial charge in [0.1, 0.15) is 0 Å². The van der Waals surface area contributed by atoms with Gasteiger partial charge in [0.15, 0.2) is 12.1 Å². The highest BCUT2D eigenvalue weighted by Crippen LogP contribution is 2.22. The Morgan fingerprint density at radius 1 is 1.09 bits per heavy atom. The number of hydrogen-bond acceptors (Lipinski definition) is 2. The minimum Gasteiger partial charge on any atom is -0.295 e. The van der Waals surface area contributed by atoms with E-state index >= 15 is 0 Å². The number of Topliss-reactive ketones (excluding diaryl/α,β-unsaturated/α-hetero) is 1. The number of rotatable bonds is 2. The number of ketones is 1. The molecule has 2 nitrogen and oxygen atoms in total. The van der Waals surface area contributed by atoms with Crippen molar-refractivity contribution in [1.29, 1.82) is 0 Å². The fourth-order valence-corrected chi connectivity index (χ4v) is 1.66. The monoisotopic (exact) mass is 154 g/mol. The Morgan fingerprint density at radius 3 is 2.09 bits per heavy atom. The summed E-state index contributed by atoms with van der Waals surface area (Å²) in [6.45, 7) is 0. The summed E-state index contributed by atoms with van der Waals surface area (Å²) in [7, 11) is 0. The van der Waals surface area contributed by atoms with Crippen LogP contribution < -0.4 is 0 Å². The zero-order chi connectivity index (χ0) is 8.10. The predicted octanol–water partition coefficient (Wildman–Crippen LogP) is 1.72. The minimum atomic E-state index is -0.188. The van der Waals surface area contributed by atoms with Gasteiger partial charge in [0.2, 0.25) is 0 Å². The van der Waals surface area contributed by atoms with Crippen LogP contribution in [0, 0.1) is 5.92 Å². The van der Waals surface area contributed by atoms with Crippen LogP contribution in [0.2, 0.25) is 0 Å². The molecule has 0 spiro atoms. The highest BCUT2D eigenvalue weighted by atomic mass is 16.2. The van der Waals surface area contributed by atoms with E-state index < -0.39 is 0 Å². The van der Waals surface area contributed by atoms with Crippen molar-refractivity contribution < 1.29 is 9.59 Å². The van der Waals surface area contributed by atoms with Gasteiger partial charge in [0.25, 0.3) is 0 Å². The highest BCUT2D eigenvalue weighted by Gasteiger charge is 2.18. The Morgan fingerprint density at radius 2 is 1.64 bits per heavy atom. The average Bonchev–Trinajstić information content (AvgIpc) is 2.30. The van der Waals surface area contributed by atoms with E-state index in [-0.39, 0.29) is 11.7 Å². The van der Waals surface area contributed by atoms with Gasteiger partial charge in [-0.15, -0.1) is 0 Å². The van der Waals surface area contributed by atoms with Gasteiger partial charge in [0.05, 0.1) is 0 Å². The van der Waals surface area contributed by atoms with Crippen molar-refractivity contribution in [2.24, 2.45) is 5.92 Å². The summed E-state index contributed by atoms with van der Waals surface area (Å²) in [5.41, 5.74) is 0. The molecule has 62 valence electrons. The second kappa shape index (κ2) is 4.27. The number of carbonyl (C=O) groups is 2. The zero-order valence-electron chi connectivity index (χ0n) is 6.71. The van der Waals surface area contributed by atoms with E-state index in [1.807, 2.05) is 0 Å². The molecule has 1 aliphatic carbocycles. The van der Waals surface area contributed by atoms with Crippen molar-refractivity contribution >= 4 is 12.1 Å². The van der Waals surface area contributed by atoms with Gasteiger partial charge < -0.3 is 0 Å². The lowest BCUT2D eigenvalue weighted by molar-refractivity contribution is -0.132. The number of aldehydes is 1. The van der Waals surface area contributed by atoms with Gasteiger partial charge >= 0.3 is 0 Å². The second-order valence-corrected chi connectivity index (χ2v) is 3.21. The standard InChI is InChI=1S/C9H14O2/c10-7-9(11)8-5-3-1-2-4-6-8/h7-8H,1-6H2. The van der Waals surface area contributed by atoms with Crippen molar-refractivity contribution in [3.8, 4) is 0 Å². The smallest absolute Gasteiger partial charge is 0.198 e. The van der Waals surface area contributed by atoms with Gasteiger partial charge in [-0.1, -0.05) is 25.7 Å². The fourth-order valence-electron chi connectivity index (χ4n) is 1.66. The zero-order valence-corrected chi connectivity index (χ0v) is 6.71. The van der Waals surface area contributed by atoms with Gasteiger partial charge in [-0.25, -0.2) is 0 Å². The maximum absolute atomic E-state index is 11.0. The molecule has 0 unspecified atom stereocenters. The lowest BCUT2D eigenvalue weighted by Gasteiger charge is -2.06. The molecular formula is C9H14O2. The normalized spacial score (nSPS) is 20.7. The molecule has 11 heavy (non-hydrogen) atoms. The molecule has 0 N–H and O–H groups in total. The first-order valence-electron chi connectivity index (χ1n) is 4.33. The van der Waals surface area contributed by atoms with Crippen LogP contribution in [0.5, 0.6) is 0 Å². The summed E-state index contributed by atoms with van der Waals surface area (Å²) in [4.78, 5) is 21.1. The van der Waals surface area contributed by atoms with Crippen molar-refractivity contribution in [1.82, 2.24) is 0 Å². The van der Waals surface area contributed by atoms with E-state index in [2.05, 4.69) is 0 Å². The van der Waals surface area contributed by atoms with Crippen LogP contribution in [0.1, 0.15) is 38.5 Å². The Kier molecular flexibility index (Phi) is 3.27. The molecule has 0 atom stereocenters. The molecule has 0 amide bonds. The van der Waals surface area contributed by atoms with Crippen LogP contribution in [0.15, 0.2) is 0 Å². The molecule has 0 bridgehead atoms. The topological polar surface area (TPSA) is 34.1 Å². The molecule has 1 fully saturated rings. The van der Waals surface area contributed by atoms with Crippen LogP contribution in [0.3, 0.4) is 0 Å². The number of hydrogen-bond donors (Lipinski definition) is 0. The molecule has 0 radical (unpaired) electrons. The largest absolute Gasteiger partial charge is 0.295 e. The predicted molar refractivity (Wildman–Crippen MR) is 42.3 cm³/mol. The van der Waals surface area contributed by atoms with Gasteiger partial charge in [-0.2, -0.15) is 0 Å². The van der Waals surface area contributed by atoms with E-state index in [4.69, 9.17) is 0 Å². The van der Waals surface area contributed by atoms with Gasteiger partial charge in [-0.3, -0.25) is 9.59 Å². The summed E-state index contributed by atoms with van der Waals surface area (Å²) in [5.74, 6) is -0.137. The first-order chi connectivity index (χ1) is 5.34. The molecule has 0 aliphatic heterocycles. The van der Waals surface area contributed by atoms with E-state index in [0.717, 1.165) is 25.7 Å². The van der Waals surface area contributed by atoms with E-state index in [1.54, 1.807) is 0 Å². The summed E-state index contributed by atoms with van der Waals surface area (Å²) in [6, 6.07) is 0. The third-order valence-electron chi connectivity index (χ3n) is 2.37. The third-order valence-corrected chi connectivity index (χ3v) is 2.37. The molecule has 0 aromatic carbocycles. The van der Waals surface area contributed by atoms with E-state index in [9.17, 15) is 9.59 Å². The summed E-state index contributed by atoms with van der Waals surface area (Å²) in [6.07, 6.45) is 7.02. The van der Waals surface area contributed by atoms with Crippen LogP contribution in [0.25, 0.3) is 0 Å². The highest BCUT2D eigenvalue weighted by molar-refractivity contribution is 6.25. The van der Waals surface area contributed by atoms with E-state index in [0.29, 0.717) is 6.29 Å². The Balaban J connectivity index is 2.42. The minimum absolute atomic E-state index is 0.0509. The second-order valence-electron chi connectivity index (χ2n) is 3.21. The van der Waals surface area contributed by atoms with Crippen LogP contribution in [0.4, 0.5) is 0 Å². The summed E-state index contributed by atoms with van der Waals surface area (Å²) >= 11 is 0. The molecule has 1 aliphatic rings. The van der Waals surface area contributed by atoms with Gasteiger partial charge in [-0.05, 0) is 12.8 Å². The first kappa shape index (κ1) is 8.44. The maximum atomic E-state index is 11.0. The van der Waals surface area contributed by atoms with Crippen molar-refractivity contribution in [2.75, 3.05) is 0 Å². The summed E-state index contributed by atoms with van der Waals surface area (Å²) in [5, 5.41) is 0. The van der Waals surface area contributed by atoms with Crippen molar-refractivity contribution in [3.05, 3.63) is 0 Å². The van der Waals surface area contributed by atoms with Gasteiger partial charge in [0, 0.05) is 5.92 Å². The third kappa shape index (κ3) is 2.45. The Bertz CT molecular complexity index is 144. The van der Waals surface area contributed by atoms with Crippen molar-refractivity contribution in [3.63, 3.8) is 0 Å². The maximum Gasteiger partial charge on any atom is 0.198 e. The first-order valence-corrected chi connectivity index (χ1v) is 4.33. The average molecular weight is 154 g/mol. The van der Waals surface area contributed by atoms with Crippen LogP contribution in [-0.4, -0.2) is 12.1 Å². The molecule has 1 saturated carbocycles. The Hall–Kier alpha value is -0.660. The molecule has 0 heterocycles. The molecular weight excluding hydrogens is 140 g/mol. The number of carbonyl (C=O) groups excluding carboxylic acids is 2. The fraction of sp³-hybridized carbons (Fsp3) is 0.778. The van der Waals surface area contributed by atoms with Crippen LogP contribution in [-0.2, 0) is 9.59 Å².